The van der Waals surface area contributed by atoms with Gasteiger partial charge in [0.1, 0.15) is 22.3 Å². The van der Waals surface area contributed by atoms with Crippen LogP contribution in [0.1, 0.15) is 0 Å². The number of para-hydroxylation sites is 1. The van der Waals surface area contributed by atoms with Crippen LogP contribution in [0.2, 0.25) is 0 Å². The van der Waals surface area contributed by atoms with Crippen LogP contribution in [0.25, 0.3) is 122 Å². The van der Waals surface area contributed by atoms with E-state index in [4.69, 9.17) is 23.8 Å². The minimum Gasteiger partial charge on any atom is -0.456 e. The summed E-state index contributed by atoms with van der Waals surface area (Å²) in [6.45, 7) is 0. The van der Waals surface area contributed by atoms with Crippen molar-refractivity contribution in [3.63, 3.8) is 0 Å². The first-order valence-electron chi connectivity index (χ1n) is 19.4. The predicted octanol–water partition coefficient (Wildman–Crippen LogP) is 14.3. The van der Waals surface area contributed by atoms with Crippen LogP contribution in [0.15, 0.2) is 197 Å². The van der Waals surface area contributed by atoms with E-state index in [1.807, 2.05) is 42.5 Å². The average molecular weight is 742 g/mol. The Morgan fingerprint density at radius 3 is 1.66 bits per heavy atom. The molecule has 5 heteroatoms. The Kier molecular flexibility index (Phi) is 7.16. The van der Waals surface area contributed by atoms with E-state index in [0.29, 0.717) is 17.5 Å². The minimum atomic E-state index is 0.567. The molecule has 12 rings (SSSR count). The molecule has 12 aromatic rings. The van der Waals surface area contributed by atoms with Crippen LogP contribution in [-0.2, 0) is 0 Å². The third-order valence-electron chi connectivity index (χ3n) is 11.3. The normalized spacial score (nSPS) is 11.8. The molecule has 0 amide bonds. The topological polar surface area (TPSA) is 65.0 Å². The fourth-order valence-corrected chi connectivity index (χ4v) is 8.41. The molecule has 0 aliphatic rings. The van der Waals surface area contributed by atoms with Crippen molar-refractivity contribution in [3.8, 4) is 56.4 Å². The molecule has 270 valence electrons. The lowest BCUT2D eigenvalue weighted by Crippen LogP contribution is -2.00. The van der Waals surface area contributed by atoms with E-state index >= 15 is 0 Å². The molecule has 0 N–H and O–H groups in total. The molecule has 0 aliphatic carbocycles. The Bertz CT molecular complexity index is 3570. The first-order valence-corrected chi connectivity index (χ1v) is 19.4. The lowest BCUT2D eigenvalue weighted by Gasteiger charge is -2.12. The highest BCUT2D eigenvalue weighted by atomic mass is 16.3. The monoisotopic (exact) mass is 741 g/mol. The third-order valence-corrected chi connectivity index (χ3v) is 11.3. The van der Waals surface area contributed by atoms with Gasteiger partial charge in [0.2, 0.25) is 0 Å². The van der Waals surface area contributed by atoms with Gasteiger partial charge in [-0.3, -0.25) is 0 Å². The highest BCUT2D eigenvalue weighted by Gasteiger charge is 2.22. The number of nitrogens with zero attached hydrogens (tertiary/aromatic N) is 3. The first-order chi connectivity index (χ1) is 28.7. The molecular formula is C53H31N3O2. The molecule has 0 atom stereocenters. The average Bonchev–Trinajstić information content (AvgIpc) is 3.86. The lowest BCUT2D eigenvalue weighted by molar-refractivity contribution is 0.669. The number of fused-ring (bicyclic) bond motifs is 8. The number of hydrogen-bond acceptors (Lipinski definition) is 5. The van der Waals surface area contributed by atoms with Crippen LogP contribution in [0.4, 0.5) is 0 Å². The van der Waals surface area contributed by atoms with Crippen LogP contribution in [0.3, 0.4) is 0 Å². The number of benzene rings is 9. The molecular weight excluding hydrogens is 711 g/mol. The van der Waals surface area contributed by atoms with Gasteiger partial charge in [-0.15, -0.1) is 0 Å². The first kappa shape index (κ1) is 32.4. The summed E-state index contributed by atoms with van der Waals surface area (Å²) in [5.74, 6) is 1.73. The van der Waals surface area contributed by atoms with E-state index in [1.165, 1.54) is 11.1 Å². The van der Waals surface area contributed by atoms with E-state index in [2.05, 4.69) is 146 Å². The van der Waals surface area contributed by atoms with Crippen molar-refractivity contribution in [2.45, 2.75) is 0 Å². The predicted molar refractivity (Wildman–Crippen MR) is 237 cm³/mol. The summed E-state index contributed by atoms with van der Waals surface area (Å²) in [6.07, 6.45) is 0. The van der Waals surface area contributed by atoms with Crippen molar-refractivity contribution in [2.75, 3.05) is 0 Å². The summed E-state index contributed by atoms with van der Waals surface area (Å²) >= 11 is 0. The van der Waals surface area contributed by atoms with E-state index in [1.54, 1.807) is 0 Å². The van der Waals surface area contributed by atoms with E-state index in [-0.39, 0.29) is 0 Å². The van der Waals surface area contributed by atoms with Crippen LogP contribution >= 0.6 is 0 Å². The second kappa shape index (κ2) is 12.8. The Morgan fingerprint density at radius 2 is 0.862 bits per heavy atom. The molecule has 0 fully saturated rings. The van der Waals surface area contributed by atoms with E-state index < -0.39 is 0 Å². The zero-order chi connectivity index (χ0) is 38.2. The maximum Gasteiger partial charge on any atom is 0.164 e. The SMILES string of the molecule is c1ccc(-c2ccc3cc(-c4nc(-c5ccc6oc7ccccc7c6c5)nc(-c5ccc(-c6ccccc6)c6oc7cc8ccccc8cc7c56)n4)ccc3c2)cc1. The molecule has 0 saturated carbocycles. The van der Waals surface area contributed by atoms with Gasteiger partial charge in [-0.2, -0.15) is 0 Å². The van der Waals surface area contributed by atoms with Gasteiger partial charge in [-0.1, -0.05) is 127 Å². The van der Waals surface area contributed by atoms with Gasteiger partial charge in [0, 0.05) is 43.8 Å². The minimum absolute atomic E-state index is 0.567. The van der Waals surface area contributed by atoms with E-state index in [9.17, 15) is 0 Å². The van der Waals surface area contributed by atoms with Gasteiger partial charge < -0.3 is 8.83 Å². The quantitative estimate of drug-likeness (QED) is 0.176. The second-order valence-electron chi connectivity index (χ2n) is 14.8. The molecule has 9 aromatic carbocycles. The van der Waals surface area contributed by atoms with Gasteiger partial charge in [0.15, 0.2) is 17.5 Å². The van der Waals surface area contributed by atoms with Gasteiger partial charge in [0.25, 0.3) is 0 Å². The summed E-state index contributed by atoms with van der Waals surface area (Å²) in [7, 11) is 0. The van der Waals surface area contributed by atoms with E-state index in [0.717, 1.165) is 93.2 Å². The Morgan fingerprint density at radius 1 is 0.293 bits per heavy atom. The highest BCUT2D eigenvalue weighted by molar-refractivity contribution is 6.18. The third kappa shape index (κ3) is 5.29. The zero-order valence-corrected chi connectivity index (χ0v) is 31.1. The van der Waals surface area contributed by atoms with Crippen LogP contribution < -0.4 is 0 Å². The summed E-state index contributed by atoms with van der Waals surface area (Å²) in [5.41, 5.74) is 10.4. The number of aromatic nitrogens is 3. The largest absolute Gasteiger partial charge is 0.456 e. The molecule has 0 bridgehead atoms. The molecule has 5 nitrogen and oxygen atoms in total. The van der Waals surface area contributed by atoms with Crippen molar-refractivity contribution in [1.82, 2.24) is 15.0 Å². The van der Waals surface area contributed by atoms with Crippen molar-refractivity contribution in [2.24, 2.45) is 0 Å². The Labute approximate surface area is 332 Å². The molecule has 3 aromatic heterocycles. The smallest absolute Gasteiger partial charge is 0.164 e. The maximum absolute atomic E-state index is 6.83. The summed E-state index contributed by atoms with van der Waals surface area (Å²) in [4.78, 5) is 15.8. The van der Waals surface area contributed by atoms with Gasteiger partial charge in [0.05, 0.1) is 0 Å². The molecule has 58 heavy (non-hydrogen) atoms. The molecule has 0 saturated heterocycles. The molecule has 0 unspecified atom stereocenters. The molecule has 0 aliphatic heterocycles. The van der Waals surface area contributed by atoms with Crippen molar-refractivity contribution in [1.29, 1.82) is 0 Å². The van der Waals surface area contributed by atoms with Gasteiger partial charge >= 0.3 is 0 Å². The zero-order valence-electron chi connectivity index (χ0n) is 31.1. The van der Waals surface area contributed by atoms with Crippen LogP contribution in [0, 0.1) is 0 Å². The number of furan rings is 2. The van der Waals surface area contributed by atoms with Gasteiger partial charge in [-0.25, -0.2) is 15.0 Å². The maximum atomic E-state index is 6.83. The lowest BCUT2D eigenvalue weighted by atomic mass is 9.97. The summed E-state index contributed by atoms with van der Waals surface area (Å²) < 4.78 is 13.0. The van der Waals surface area contributed by atoms with Crippen LogP contribution in [-0.4, -0.2) is 15.0 Å². The van der Waals surface area contributed by atoms with Crippen molar-refractivity contribution in [3.05, 3.63) is 188 Å². The molecule has 0 spiro atoms. The Balaban J connectivity index is 1.10. The summed E-state index contributed by atoms with van der Waals surface area (Å²) in [6, 6.07) is 65.2. The number of rotatable bonds is 5. The number of hydrogen-bond donors (Lipinski definition) is 0. The van der Waals surface area contributed by atoms with Gasteiger partial charge in [-0.05, 0) is 98.9 Å². The van der Waals surface area contributed by atoms with Crippen molar-refractivity contribution >= 4 is 65.4 Å². The standard InChI is InChI=1S/C53H31N3O2/c1-3-11-32(12-4-1)36-19-20-38-28-39(22-21-37(38)27-36)51-54-52(40-23-26-47-44(30-40)42-17-9-10-18-46(42)57-47)56-53(55-51)43-25-24-41(33-13-5-2-6-14-33)50-49(43)45-29-34-15-7-8-16-35(34)31-48(45)58-50/h1-31H. The fourth-order valence-electron chi connectivity index (χ4n) is 8.41. The van der Waals surface area contributed by atoms with Crippen molar-refractivity contribution < 1.29 is 8.83 Å². The fraction of sp³-hybridized carbons (Fsp3) is 0. The second-order valence-corrected chi connectivity index (χ2v) is 14.8. The molecule has 0 radical (unpaired) electrons. The highest BCUT2D eigenvalue weighted by Crippen LogP contribution is 2.43. The molecule has 3 heterocycles. The Hall–Kier alpha value is -7.89. The summed E-state index contributed by atoms with van der Waals surface area (Å²) in [5, 5.41) is 8.55. The van der Waals surface area contributed by atoms with Crippen LogP contribution in [0.5, 0.6) is 0 Å².